The number of esters is 1. The zero-order chi connectivity index (χ0) is 12.3. The van der Waals surface area contributed by atoms with Gasteiger partial charge in [-0.05, 0) is 18.1 Å². The van der Waals surface area contributed by atoms with Crippen LogP contribution in [0.25, 0.3) is 0 Å². The van der Waals surface area contributed by atoms with E-state index in [0.29, 0.717) is 0 Å². The van der Waals surface area contributed by atoms with Crippen molar-refractivity contribution in [3.63, 3.8) is 0 Å². The maximum absolute atomic E-state index is 11.3. The summed E-state index contributed by atoms with van der Waals surface area (Å²) < 4.78 is 10.5. The lowest BCUT2D eigenvalue weighted by Crippen LogP contribution is -2.48. The summed E-state index contributed by atoms with van der Waals surface area (Å²) in [6.07, 6.45) is -0.629. The molecule has 5 heteroatoms. The van der Waals surface area contributed by atoms with Crippen LogP contribution in [-0.4, -0.2) is 34.0 Å². The molecule has 0 heterocycles. The molecule has 15 heavy (non-hydrogen) atoms. The van der Waals surface area contributed by atoms with Gasteiger partial charge >= 0.3 is 5.97 Å². The van der Waals surface area contributed by atoms with Crippen LogP contribution in [0.2, 0.25) is 18.1 Å². The summed E-state index contributed by atoms with van der Waals surface area (Å²) >= 11 is 0. The zero-order valence-electron chi connectivity index (χ0n) is 10.6. The minimum Gasteiger partial charge on any atom is -0.467 e. The Hall–Kier alpha value is -0.393. The first kappa shape index (κ1) is 14.6. The third-order valence-corrected chi connectivity index (χ3v) is 7.41. The molecule has 1 atom stereocenters. The molecule has 0 amide bonds. The second kappa shape index (κ2) is 5.09. The van der Waals surface area contributed by atoms with E-state index in [0.717, 1.165) is 0 Å². The van der Waals surface area contributed by atoms with Crippen LogP contribution in [-0.2, 0) is 14.0 Å². The molecule has 0 spiro atoms. The molecule has 0 unspecified atom stereocenters. The summed E-state index contributed by atoms with van der Waals surface area (Å²) in [5, 5.41) is 0.0639. The average Bonchev–Trinajstić information content (AvgIpc) is 2.11. The van der Waals surface area contributed by atoms with Gasteiger partial charge in [0.2, 0.25) is 0 Å². The molecule has 0 aliphatic rings. The monoisotopic (exact) mass is 233 g/mol. The largest absolute Gasteiger partial charge is 0.467 e. The Morgan fingerprint density at radius 3 is 2.13 bits per heavy atom. The van der Waals surface area contributed by atoms with E-state index in [1.54, 1.807) is 0 Å². The van der Waals surface area contributed by atoms with E-state index in [9.17, 15) is 4.79 Å². The Morgan fingerprint density at radius 1 is 1.40 bits per heavy atom. The molecule has 4 nitrogen and oxygen atoms in total. The van der Waals surface area contributed by atoms with Gasteiger partial charge < -0.3 is 14.9 Å². The van der Waals surface area contributed by atoms with Gasteiger partial charge in [-0.2, -0.15) is 0 Å². The first-order valence-corrected chi connectivity index (χ1v) is 8.02. The predicted octanol–water partition coefficient (Wildman–Crippen LogP) is 1.51. The van der Waals surface area contributed by atoms with Crippen LogP contribution < -0.4 is 5.73 Å². The van der Waals surface area contributed by atoms with E-state index in [4.69, 9.17) is 10.2 Å². The van der Waals surface area contributed by atoms with Gasteiger partial charge in [0.25, 0.3) is 0 Å². The molecule has 0 aliphatic carbocycles. The number of hydrogen-bond acceptors (Lipinski definition) is 4. The number of ether oxygens (including phenoxy) is 1. The molecule has 0 bridgehead atoms. The molecule has 0 saturated carbocycles. The highest BCUT2D eigenvalue weighted by Crippen LogP contribution is 2.37. The van der Waals surface area contributed by atoms with Crippen LogP contribution in [0.4, 0.5) is 0 Å². The molecule has 2 N–H and O–H groups in total. The fourth-order valence-electron chi connectivity index (χ4n) is 0.856. The van der Waals surface area contributed by atoms with Crippen LogP contribution >= 0.6 is 0 Å². The van der Waals surface area contributed by atoms with Gasteiger partial charge in [-0.15, -0.1) is 0 Å². The molecule has 0 aromatic rings. The predicted molar refractivity (Wildman–Crippen MR) is 63.1 cm³/mol. The Balaban J connectivity index is 4.62. The van der Waals surface area contributed by atoms with Gasteiger partial charge in [0, 0.05) is 6.54 Å². The van der Waals surface area contributed by atoms with Crippen LogP contribution in [0.3, 0.4) is 0 Å². The van der Waals surface area contributed by atoms with Crippen molar-refractivity contribution in [2.45, 2.75) is 45.0 Å². The Morgan fingerprint density at radius 2 is 1.87 bits per heavy atom. The number of carbonyl (C=O) groups excluding carboxylic acids is 1. The Bertz CT molecular complexity index is 223. The summed E-state index contributed by atoms with van der Waals surface area (Å²) in [7, 11) is -0.602. The van der Waals surface area contributed by atoms with Crippen molar-refractivity contribution < 1.29 is 14.0 Å². The van der Waals surface area contributed by atoms with Crippen molar-refractivity contribution in [2.75, 3.05) is 13.7 Å². The number of rotatable bonds is 4. The van der Waals surface area contributed by atoms with E-state index in [2.05, 4.69) is 38.6 Å². The van der Waals surface area contributed by atoms with Gasteiger partial charge in [-0.3, -0.25) is 0 Å². The smallest absolute Gasteiger partial charge is 0.335 e. The average molecular weight is 233 g/mol. The molecule has 90 valence electrons. The molecular weight excluding hydrogens is 210 g/mol. The van der Waals surface area contributed by atoms with E-state index >= 15 is 0 Å². The van der Waals surface area contributed by atoms with E-state index in [1.807, 2.05) is 0 Å². The topological polar surface area (TPSA) is 61.5 Å². The first-order valence-electron chi connectivity index (χ1n) is 5.11. The van der Waals surface area contributed by atoms with Crippen LogP contribution in [0.15, 0.2) is 0 Å². The molecule has 0 fully saturated rings. The Kier molecular flexibility index (Phi) is 4.96. The standard InChI is InChI=1S/C10H23NO3Si/c1-10(2,3)15(5,6)14-8(7-11)9(12)13-4/h8H,7,11H2,1-6H3/t8-/m0/s1. The fourth-order valence-corrected chi connectivity index (χ4v) is 2.11. The van der Waals surface area contributed by atoms with Crippen molar-refractivity contribution in [1.82, 2.24) is 0 Å². The second-order valence-electron chi connectivity index (χ2n) is 5.13. The molecule has 0 radical (unpaired) electrons. The lowest BCUT2D eigenvalue weighted by atomic mass is 10.2. The van der Waals surface area contributed by atoms with Crippen molar-refractivity contribution >= 4 is 14.3 Å². The minimum atomic E-state index is -1.95. The summed E-state index contributed by atoms with van der Waals surface area (Å²) in [4.78, 5) is 11.3. The van der Waals surface area contributed by atoms with Crippen molar-refractivity contribution in [2.24, 2.45) is 5.73 Å². The third-order valence-electron chi connectivity index (χ3n) is 2.92. The minimum absolute atomic E-state index is 0.0639. The van der Waals surface area contributed by atoms with Crippen molar-refractivity contribution in [1.29, 1.82) is 0 Å². The third kappa shape index (κ3) is 3.93. The fraction of sp³-hybridized carbons (Fsp3) is 0.900. The van der Waals surface area contributed by atoms with E-state index in [1.165, 1.54) is 7.11 Å². The lowest BCUT2D eigenvalue weighted by Gasteiger charge is -2.38. The van der Waals surface area contributed by atoms with Crippen LogP contribution in [0.1, 0.15) is 20.8 Å². The summed E-state index contributed by atoms with van der Waals surface area (Å²) in [5.74, 6) is -0.387. The molecule has 0 aromatic carbocycles. The van der Waals surface area contributed by atoms with Crippen molar-refractivity contribution in [3.8, 4) is 0 Å². The maximum Gasteiger partial charge on any atom is 0.335 e. The highest BCUT2D eigenvalue weighted by molar-refractivity contribution is 6.74. The number of methoxy groups -OCH3 is 1. The zero-order valence-corrected chi connectivity index (χ0v) is 11.6. The quantitative estimate of drug-likeness (QED) is 0.590. The van der Waals surface area contributed by atoms with Gasteiger partial charge in [-0.25, -0.2) is 4.79 Å². The highest BCUT2D eigenvalue weighted by Gasteiger charge is 2.40. The highest BCUT2D eigenvalue weighted by atomic mass is 28.4. The van der Waals surface area contributed by atoms with Gasteiger partial charge in [0.05, 0.1) is 7.11 Å². The van der Waals surface area contributed by atoms with Crippen molar-refractivity contribution in [3.05, 3.63) is 0 Å². The first-order chi connectivity index (χ1) is 6.65. The normalized spacial score (nSPS) is 14.9. The van der Waals surface area contributed by atoms with Crippen LogP contribution in [0.5, 0.6) is 0 Å². The molecule has 0 aliphatic heterocycles. The molecule has 0 rings (SSSR count). The summed E-state index contributed by atoms with van der Waals surface area (Å²) in [5.41, 5.74) is 5.50. The lowest BCUT2D eigenvalue weighted by molar-refractivity contribution is -0.148. The molecular formula is C10H23NO3Si. The van der Waals surface area contributed by atoms with Gasteiger partial charge in [0.15, 0.2) is 14.4 Å². The van der Waals surface area contributed by atoms with E-state index in [-0.39, 0.29) is 17.6 Å². The van der Waals surface area contributed by atoms with Gasteiger partial charge in [0.1, 0.15) is 0 Å². The molecule has 0 aromatic heterocycles. The second-order valence-corrected chi connectivity index (χ2v) is 9.88. The summed E-state index contributed by atoms with van der Waals surface area (Å²) in [6, 6.07) is 0. The summed E-state index contributed by atoms with van der Waals surface area (Å²) in [6.45, 7) is 10.7. The van der Waals surface area contributed by atoms with Gasteiger partial charge in [-0.1, -0.05) is 20.8 Å². The number of carbonyl (C=O) groups is 1. The van der Waals surface area contributed by atoms with E-state index < -0.39 is 14.4 Å². The Labute approximate surface area is 93.3 Å². The maximum atomic E-state index is 11.3. The SMILES string of the molecule is COC(=O)[C@H](CN)O[Si](C)(C)C(C)(C)C. The molecule has 0 saturated heterocycles. The van der Waals surface area contributed by atoms with Crippen LogP contribution in [0, 0.1) is 0 Å². The number of hydrogen-bond donors (Lipinski definition) is 1. The number of nitrogens with two attached hydrogens (primary N) is 1.